The smallest absolute Gasteiger partial charge is 0.254 e. The van der Waals surface area contributed by atoms with Crippen LogP contribution in [0.1, 0.15) is 52.3 Å². The lowest BCUT2D eigenvalue weighted by atomic mass is 10.1. The van der Waals surface area contributed by atoms with Crippen LogP contribution in [0.4, 0.5) is 0 Å². The second-order valence-electron chi connectivity index (χ2n) is 9.22. The number of fused-ring (bicyclic) bond motifs is 1. The zero-order valence-corrected chi connectivity index (χ0v) is 18.4. The molecule has 1 saturated heterocycles. The van der Waals surface area contributed by atoms with Gasteiger partial charge in [-0.25, -0.2) is 0 Å². The van der Waals surface area contributed by atoms with Gasteiger partial charge in [0.15, 0.2) is 12.0 Å². The molecule has 0 radical (unpaired) electrons. The summed E-state index contributed by atoms with van der Waals surface area (Å²) in [6.07, 6.45) is 1.52. The maximum absolute atomic E-state index is 13.6. The molecule has 1 amide bonds. The summed E-state index contributed by atoms with van der Waals surface area (Å²) < 4.78 is 11.8. The van der Waals surface area contributed by atoms with Gasteiger partial charge in [-0.2, -0.15) is 5.10 Å². The van der Waals surface area contributed by atoms with E-state index in [2.05, 4.69) is 23.7 Å². The van der Waals surface area contributed by atoms with Crippen molar-refractivity contribution in [3.05, 3.63) is 42.4 Å². The lowest BCUT2D eigenvalue weighted by Gasteiger charge is -2.39. The number of aromatic amines is 1. The van der Waals surface area contributed by atoms with Gasteiger partial charge in [-0.3, -0.25) is 9.89 Å². The van der Waals surface area contributed by atoms with Crippen molar-refractivity contribution in [2.75, 3.05) is 19.7 Å². The molecule has 30 heavy (non-hydrogen) atoms. The van der Waals surface area contributed by atoms with Crippen LogP contribution in [0.15, 0.2) is 36.7 Å². The highest BCUT2D eigenvalue weighted by atomic mass is 16.5. The molecule has 1 saturated carbocycles. The number of H-pyrrole nitrogens is 1. The molecule has 0 unspecified atom stereocenters. The summed E-state index contributed by atoms with van der Waals surface area (Å²) in [7, 11) is 0. The molecule has 2 fully saturated rings. The van der Waals surface area contributed by atoms with E-state index in [1.165, 1.54) is 0 Å². The maximum atomic E-state index is 13.6. The van der Waals surface area contributed by atoms with E-state index in [-0.39, 0.29) is 23.6 Å². The van der Waals surface area contributed by atoms with Gasteiger partial charge in [0, 0.05) is 18.0 Å². The summed E-state index contributed by atoms with van der Waals surface area (Å²) in [6.45, 7) is 13.7. The van der Waals surface area contributed by atoms with Crippen LogP contribution >= 0.6 is 0 Å². The van der Waals surface area contributed by atoms with Crippen molar-refractivity contribution >= 4 is 16.8 Å². The molecule has 7 nitrogen and oxygen atoms in total. The van der Waals surface area contributed by atoms with Crippen LogP contribution in [0, 0.1) is 0 Å². The average molecular weight is 413 g/mol. The Morgan fingerprint density at radius 1 is 1.37 bits per heavy atom. The highest BCUT2D eigenvalue weighted by Crippen LogP contribution is 2.37. The van der Waals surface area contributed by atoms with Crippen molar-refractivity contribution in [3.63, 3.8) is 0 Å². The van der Waals surface area contributed by atoms with Gasteiger partial charge < -0.3 is 19.3 Å². The number of ether oxygens (including phenoxy) is 2. The minimum Gasteiger partial charge on any atom is -0.474 e. The van der Waals surface area contributed by atoms with Crippen molar-refractivity contribution in [3.8, 4) is 0 Å². The van der Waals surface area contributed by atoms with Crippen LogP contribution in [-0.2, 0) is 14.3 Å². The molecule has 0 spiro atoms. The number of benzene rings is 1. The number of nitrogens with zero attached hydrogens (tertiary/aromatic N) is 3. The maximum Gasteiger partial charge on any atom is 0.254 e. The fourth-order valence-corrected chi connectivity index (χ4v) is 4.09. The van der Waals surface area contributed by atoms with Crippen molar-refractivity contribution in [2.45, 2.75) is 64.3 Å². The van der Waals surface area contributed by atoms with Crippen molar-refractivity contribution in [2.24, 2.45) is 0 Å². The Balaban J connectivity index is 1.51. The zero-order valence-electron chi connectivity index (χ0n) is 18.4. The molecule has 1 N–H and O–H groups in total. The number of hydrogen-bond acceptors (Lipinski definition) is 5. The number of hydrogen-bond donors (Lipinski definition) is 1. The summed E-state index contributed by atoms with van der Waals surface area (Å²) in [5.74, 6) is 0.617. The molecule has 1 aliphatic carbocycles. The monoisotopic (exact) mass is 412 g/mol. The number of morpholine rings is 1. The molecule has 1 aromatic carbocycles. The molecular formula is C23H32N4O3. The number of carbonyl (C=O) groups excluding carboxylic acids is 1. The first kappa shape index (κ1) is 20.7. The van der Waals surface area contributed by atoms with Crippen LogP contribution in [0.5, 0.6) is 0 Å². The molecule has 2 aromatic rings. The first-order valence-electron chi connectivity index (χ1n) is 10.7. The van der Waals surface area contributed by atoms with Gasteiger partial charge in [0.25, 0.3) is 5.91 Å². The zero-order chi connectivity index (χ0) is 21.5. The number of carbonyl (C=O) groups is 1. The second-order valence-corrected chi connectivity index (χ2v) is 9.22. The van der Waals surface area contributed by atoms with E-state index in [9.17, 15) is 4.79 Å². The summed E-state index contributed by atoms with van der Waals surface area (Å²) in [6, 6.07) is 8.15. The lowest BCUT2D eigenvalue weighted by molar-refractivity contribution is -0.153. The molecule has 1 aromatic heterocycles. The van der Waals surface area contributed by atoms with E-state index in [1.807, 2.05) is 54.8 Å². The number of amides is 1. The molecule has 2 heterocycles. The first-order chi connectivity index (χ1) is 14.2. The van der Waals surface area contributed by atoms with E-state index >= 15 is 0 Å². The number of rotatable bonds is 6. The predicted octanol–water partition coefficient (Wildman–Crippen LogP) is 3.60. The number of nitrogens with one attached hydrogen (secondary N) is 1. The predicted molar refractivity (Wildman–Crippen MR) is 116 cm³/mol. The molecule has 4 rings (SSSR count). The molecule has 162 valence electrons. The van der Waals surface area contributed by atoms with E-state index in [4.69, 9.17) is 9.47 Å². The van der Waals surface area contributed by atoms with Gasteiger partial charge in [-0.1, -0.05) is 18.2 Å². The minimum absolute atomic E-state index is 0.0249. The largest absolute Gasteiger partial charge is 0.474 e. The van der Waals surface area contributed by atoms with E-state index in [0.717, 1.165) is 29.4 Å². The SMILES string of the molecule is C=C(OC(C)(C)C)N1CCO[C@@H](C(=O)N(C2CC2)[C@H](C)c2[nH]nc3ccccc23)C1. The fraction of sp³-hybridized carbons (Fsp3) is 0.565. The van der Waals surface area contributed by atoms with Gasteiger partial charge in [-0.05, 0) is 53.2 Å². The molecular weight excluding hydrogens is 380 g/mol. The fourth-order valence-electron chi connectivity index (χ4n) is 4.09. The summed E-state index contributed by atoms with van der Waals surface area (Å²) in [4.78, 5) is 17.6. The summed E-state index contributed by atoms with van der Waals surface area (Å²) in [5, 5.41) is 8.63. The van der Waals surface area contributed by atoms with Gasteiger partial charge in [0.05, 0.1) is 30.4 Å². The molecule has 7 heteroatoms. The Labute approximate surface area is 178 Å². The molecule has 0 bridgehead atoms. The van der Waals surface area contributed by atoms with Crippen LogP contribution in [-0.4, -0.2) is 63.3 Å². The molecule has 1 aliphatic heterocycles. The van der Waals surface area contributed by atoms with Crippen molar-refractivity contribution < 1.29 is 14.3 Å². The van der Waals surface area contributed by atoms with Gasteiger partial charge in [0.2, 0.25) is 0 Å². The Morgan fingerprint density at radius 2 is 2.10 bits per heavy atom. The Bertz CT molecular complexity index is 928. The van der Waals surface area contributed by atoms with Crippen LogP contribution < -0.4 is 0 Å². The van der Waals surface area contributed by atoms with Gasteiger partial charge >= 0.3 is 0 Å². The third-order valence-corrected chi connectivity index (χ3v) is 5.64. The van der Waals surface area contributed by atoms with Crippen LogP contribution in [0.2, 0.25) is 0 Å². The highest BCUT2D eigenvalue weighted by Gasteiger charge is 2.42. The van der Waals surface area contributed by atoms with Crippen molar-refractivity contribution in [1.29, 1.82) is 0 Å². The van der Waals surface area contributed by atoms with Crippen LogP contribution in [0.3, 0.4) is 0 Å². The first-order valence-corrected chi connectivity index (χ1v) is 10.7. The van der Waals surface area contributed by atoms with Gasteiger partial charge in [-0.15, -0.1) is 0 Å². The quantitative estimate of drug-likeness (QED) is 0.734. The second kappa shape index (κ2) is 7.95. The summed E-state index contributed by atoms with van der Waals surface area (Å²) in [5.41, 5.74) is 1.56. The third-order valence-electron chi connectivity index (χ3n) is 5.64. The van der Waals surface area contributed by atoms with E-state index in [1.54, 1.807) is 0 Å². The van der Waals surface area contributed by atoms with Gasteiger partial charge in [0.1, 0.15) is 5.60 Å². The normalized spacial score (nSPS) is 20.8. The average Bonchev–Trinajstić information content (AvgIpc) is 3.44. The van der Waals surface area contributed by atoms with Crippen LogP contribution in [0.25, 0.3) is 10.9 Å². The Morgan fingerprint density at radius 3 is 2.80 bits per heavy atom. The lowest BCUT2D eigenvalue weighted by Crippen LogP contribution is -2.52. The molecule has 2 aliphatic rings. The Kier molecular flexibility index (Phi) is 5.49. The van der Waals surface area contributed by atoms with Crippen molar-refractivity contribution in [1.82, 2.24) is 20.0 Å². The number of para-hydroxylation sites is 1. The topological polar surface area (TPSA) is 70.7 Å². The standard InChI is InChI=1S/C23H32N4O3/c1-15(21-18-8-6-7-9-19(18)24-25-21)27(17-10-11-17)22(28)20-14-26(12-13-29-20)16(2)30-23(3,4)5/h6-9,15,17,20H,2,10-14H2,1,3-5H3,(H,24,25)/t15-,20-/m1/s1. The highest BCUT2D eigenvalue weighted by molar-refractivity contribution is 5.85. The van der Waals surface area contributed by atoms with E-state index in [0.29, 0.717) is 25.6 Å². The van der Waals surface area contributed by atoms with E-state index < -0.39 is 6.10 Å². The minimum atomic E-state index is -0.531. The third kappa shape index (κ3) is 4.31. The summed E-state index contributed by atoms with van der Waals surface area (Å²) >= 11 is 0. The molecule has 2 atom stereocenters. The Hall–Kier alpha value is -2.54. The number of aromatic nitrogens is 2.